The predicted octanol–water partition coefficient (Wildman–Crippen LogP) is 3.09. The molecule has 1 aromatic heterocycles. The highest BCUT2D eigenvalue weighted by Crippen LogP contribution is 2.24. The molecule has 0 aliphatic carbocycles. The molecule has 0 spiro atoms. The van der Waals surface area contributed by atoms with E-state index in [2.05, 4.69) is 20.6 Å². The van der Waals surface area contributed by atoms with Gasteiger partial charge in [-0.2, -0.15) is 4.98 Å². The predicted molar refractivity (Wildman–Crippen MR) is 95.0 cm³/mol. The number of rotatable bonds is 6. The van der Waals surface area contributed by atoms with Gasteiger partial charge in [-0.3, -0.25) is 4.79 Å². The lowest BCUT2D eigenvalue weighted by Crippen LogP contribution is -2.15. The van der Waals surface area contributed by atoms with E-state index in [9.17, 15) is 9.90 Å². The molecule has 3 rings (SSSR count). The Morgan fingerprint density at radius 3 is 2.52 bits per heavy atom. The first kappa shape index (κ1) is 16.3. The van der Waals surface area contributed by atoms with Gasteiger partial charge in [0.15, 0.2) is 0 Å². The van der Waals surface area contributed by atoms with Crippen LogP contribution in [0.5, 0.6) is 5.75 Å². The smallest absolute Gasteiger partial charge is 0.322 e. The Morgan fingerprint density at radius 2 is 1.80 bits per heavy atom. The SMILES string of the molecule is O=C(O)CNc1nc(Nc2cccc(O)c2)cc(-c2ccccc2)n1. The molecule has 0 aliphatic rings. The summed E-state index contributed by atoms with van der Waals surface area (Å²) in [5, 5.41) is 24.2. The van der Waals surface area contributed by atoms with Crippen molar-refractivity contribution in [2.45, 2.75) is 0 Å². The maximum Gasteiger partial charge on any atom is 0.322 e. The number of anilines is 3. The average molecular weight is 336 g/mol. The summed E-state index contributed by atoms with van der Waals surface area (Å²) in [5.74, 6) is -0.193. The molecule has 25 heavy (non-hydrogen) atoms. The van der Waals surface area contributed by atoms with Gasteiger partial charge in [-0.15, -0.1) is 0 Å². The van der Waals surface area contributed by atoms with Gasteiger partial charge in [-0.05, 0) is 12.1 Å². The Hall–Kier alpha value is -3.61. The molecule has 0 aliphatic heterocycles. The summed E-state index contributed by atoms with van der Waals surface area (Å²) >= 11 is 0. The van der Waals surface area contributed by atoms with Crippen LogP contribution in [-0.2, 0) is 4.79 Å². The summed E-state index contributed by atoms with van der Waals surface area (Å²) < 4.78 is 0. The number of nitrogens with one attached hydrogen (secondary N) is 2. The van der Waals surface area contributed by atoms with Gasteiger partial charge in [0.25, 0.3) is 0 Å². The summed E-state index contributed by atoms with van der Waals surface area (Å²) in [6, 6.07) is 17.9. The molecule has 3 aromatic rings. The first-order chi connectivity index (χ1) is 12.1. The molecule has 7 heteroatoms. The molecule has 0 bridgehead atoms. The molecule has 1 heterocycles. The first-order valence-corrected chi connectivity index (χ1v) is 7.56. The van der Waals surface area contributed by atoms with E-state index < -0.39 is 5.97 Å². The van der Waals surface area contributed by atoms with Crippen molar-refractivity contribution < 1.29 is 15.0 Å². The number of phenols is 1. The van der Waals surface area contributed by atoms with Crippen molar-refractivity contribution in [2.24, 2.45) is 0 Å². The van der Waals surface area contributed by atoms with Gasteiger partial charge in [-0.25, -0.2) is 4.98 Å². The van der Waals surface area contributed by atoms with Gasteiger partial charge >= 0.3 is 5.97 Å². The number of phenolic OH excluding ortho intramolecular Hbond substituents is 1. The fourth-order valence-electron chi connectivity index (χ4n) is 2.23. The van der Waals surface area contributed by atoms with Crippen LogP contribution in [0.2, 0.25) is 0 Å². The van der Waals surface area contributed by atoms with E-state index in [0.29, 0.717) is 17.2 Å². The molecule has 0 saturated heterocycles. The van der Waals surface area contributed by atoms with Crippen LogP contribution < -0.4 is 10.6 Å². The van der Waals surface area contributed by atoms with Crippen LogP contribution in [0.15, 0.2) is 60.7 Å². The van der Waals surface area contributed by atoms with E-state index in [-0.39, 0.29) is 18.2 Å². The number of aromatic nitrogens is 2. The largest absolute Gasteiger partial charge is 0.508 e. The fourth-order valence-corrected chi connectivity index (χ4v) is 2.23. The van der Waals surface area contributed by atoms with E-state index in [0.717, 1.165) is 5.56 Å². The molecule has 7 nitrogen and oxygen atoms in total. The summed E-state index contributed by atoms with van der Waals surface area (Å²) in [6.07, 6.45) is 0. The lowest BCUT2D eigenvalue weighted by molar-refractivity contribution is -0.134. The third kappa shape index (κ3) is 4.44. The minimum Gasteiger partial charge on any atom is -0.508 e. The Bertz CT molecular complexity index is 884. The minimum atomic E-state index is -1.00. The molecule has 2 aromatic carbocycles. The van der Waals surface area contributed by atoms with Crippen LogP contribution in [0.1, 0.15) is 0 Å². The molecule has 4 N–H and O–H groups in total. The van der Waals surface area contributed by atoms with Gasteiger partial charge in [0.05, 0.1) is 5.69 Å². The van der Waals surface area contributed by atoms with Gasteiger partial charge in [0.2, 0.25) is 5.95 Å². The zero-order valence-corrected chi connectivity index (χ0v) is 13.2. The summed E-state index contributed by atoms with van der Waals surface area (Å²) in [4.78, 5) is 19.4. The lowest BCUT2D eigenvalue weighted by atomic mass is 10.1. The highest BCUT2D eigenvalue weighted by molar-refractivity contribution is 5.73. The van der Waals surface area contributed by atoms with Gasteiger partial charge < -0.3 is 20.8 Å². The second kappa shape index (κ2) is 7.31. The number of aromatic hydroxyl groups is 1. The van der Waals surface area contributed by atoms with Crippen molar-refractivity contribution in [2.75, 3.05) is 17.2 Å². The summed E-state index contributed by atoms with van der Waals surface area (Å²) in [5.41, 5.74) is 2.18. The number of aliphatic carboxylic acids is 1. The van der Waals surface area contributed by atoms with Crippen molar-refractivity contribution in [1.82, 2.24) is 9.97 Å². The number of benzene rings is 2. The molecule has 0 fully saturated rings. The van der Waals surface area contributed by atoms with Gasteiger partial charge in [0, 0.05) is 23.4 Å². The molecule has 0 atom stereocenters. The van der Waals surface area contributed by atoms with Gasteiger partial charge in [-0.1, -0.05) is 36.4 Å². The van der Waals surface area contributed by atoms with E-state index in [1.54, 1.807) is 30.3 Å². The summed E-state index contributed by atoms with van der Waals surface area (Å²) in [6.45, 7) is -0.288. The lowest BCUT2D eigenvalue weighted by Gasteiger charge is -2.11. The monoisotopic (exact) mass is 336 g/mol. The fraction of sp³-hybridized carbons (Fsp3) is 0.0556. The Kier molecular flexibility index (Phi) is 4.75. The van der Waals surface area contributed by atoms with Crippen LogP contribution in [0.4, 0.5) is 17.5 Å². The topological polar surface area (TPSA) is 107 Å². The quantitative estimate of drug-likeness (QED) is 0.548. The standard InChI is InChI=1S/C18H16N4O3/c23-14-8-4-7-13(9-14)20-16-10-15(12-5-2-1-3-6-12)21-18(22-16)19-11-17(24)25/h1-10,23H,11H2,(H,24,25)(H2,19,20,21,22). The van der Waals surface area contributed by atoms with Crippen LogP contribution >= 0.6 is 0 Å². The second-order valence-electron chi connectivity index (χ2n) is 5.25. The van der Waals surface area contributed by atoms with E-state index in [1.807, 2.05) is 30.3 Å². The van der Waals surface area contributed by atoms with Crippen molar-refractivity contribution >= 4 is 23.4 Å². The number of carboxylic acids is 1. The Morgan fingerprint density at radius 1 is 1.00 bits per heavy atom. The zero-order chi connectivity index (χ0) is 17.6. The van der Waals surface area contributed by atoms with E-state index in [4.69, 9.17) is 5.11 Å². The molecular weight excluding hydrogens is 320 g/mol. The van der Waals surface area contributed by atoms with Crippen molar-refractivity contribution in [3.05, 3.63) is 60.7 Å². The molecule has 0 unspecified atom stereocenters. The number of carbonyl (C=O) groups is 1. The zero-order valence-electron chi connectivity index (χ0n) is 13.2. The number of carboxylic acid groups (broad SMARTS) is 1. The van der Waals surface area contributed by atoms with Crippen molar-refractivity contribution in [1.29, 1.82) is 0 Å². The van der Waals surface area contributed by atoms with Crippen molar-refractivity contribution in [3.8, 4) is 17.0 Å². The maximum absolute atomic E-state index is 10.8. The third-order valence-corrected chi connectivity index (χ3v) is 3.31. The highest BCUT2D eigenvalue weighted by Gasteiger charge is 2.08. The number of nitrogens with zero attached hydrogens (tertiary/aromatic N) is 2. The molecule has 126 valence electrons. The van der Waals surface area contributed by atoms with Crippen LogP contribution in [0.3, 0.4) is 0 Å². The summed E-state index contributed by atoms with van der Waals surface area (Å²) in [7, 11) is 0. The van der Waals surface area contributed by atoms with Crippen molar-refractivity contribution in [3.63, 3.8) is 0 Å². The third-order valence-electron chi connectivity index (χ3n) is 3.31. The molecule has 0 saturated carbocycles. The van der Waals surface area contributed by atoms with Crippen LogP contribution in [0, 0.1) is 0 Å². The number of hydrogen-bond acceptors (Lipinski definition) is 6. The van der Waals surface area contributed by atoms with E-state index >= 15 is 0 Å². The van der Waals surface area contributed by atoms with Crippen LogP contribution in [0.25, 0.3) is 11.3 Å². The minimum absolute atomic E-state index is 0.131. The average Bonchev–Trinajstić information content (AvgIpc) is 2.60. The van der Waals surface area contributed by atoms with Crippen LogP contribution in [-0.4, -0.2) is 32.7 Å². The molecule has 0 amide bonds. The first-order valence-electron chi connectivity index (χ1n) is 7.56. The maximum atomic E-state index is 10.8. The van der Waals surface area contributed by atoms with E-state index in [1.165, 1.54) is 0 Å². The normalized spacial score (nSPS) is 10.2. The highest BCUT2D eigenvalue weighted by atomic mass is 16.4. The Balaban J connectivity index is 1.95. The molecular formula is C18H16N4O3. The van der Waals surface area contributed by atoms with Gasteiger partial charge in [0.1, 0.15) is 18.1 Å². The number of hydrogen-bond donors (Lipinski definition) is 4. The Labute approximate surface area is 144 Å². The second-order valence-corrected chi connectivity index (χ2v) is 5.25. The molecule has 0 radical (unpaired) electrons.